The van der Waals surface area contributed by atoms with Crippen LogP contribution in [0.2, 0.25) is 0 Å². The van der Waals surface area contributed by atoms with Crippen molar-refractivity contribution in [3.63, 3.8) is 0 Å². The Morgan fingerprint density at radius 1 is 0.623 bits per heavy atom. The molecule has 8 rings (SSSR count). The van der Waals surface area contributed by atoms with Gasteiger partial charge in [0.05, 0.1) is 28.1 Å². The first-order valence-corrected chi connectivity index (χ1v) is 18.1. The Hall–Kier alpha value is -5.84. The van der Waals surface area contributed by atoms with Crippen molar-refractivity contribution in [1.29, 1.82) is 0 Å². The standard InChI is InChI=1S/C47H47N5O/c1-45(2,3)31-22-24-48-43(27-31)52-41-19-14-23-49-44(41)36-21-20-34(29-42(36)52)53-35-26-32(46(4,5)6)25-33(28-35)50-30-51(40-18-13-12-17-39(40)50)38-16-11-10-15-37(38)47(7,8)9/h10-29H,1-9H3/q+2/i12D,13D,17D,18D. The summed E-state index contributed by atoms with van der Waals surface area (Å²) >= 11 is 0. The molecule has 0 aliphatic carbocycles. The Bertz CT molecular complexity index is 2870. The minimum atomic E-state index is -0.305. The second-order valence-corrected chi connectivity index (χ2v) is 16.8. The van der Waals surface area contributed by atoms with Gasteiger partial charge in [-0.25, -0.2) is 4.98 Å². The minimum absolute atomic E-state index is 0.0643. The van der Waals surface area contributed by atoms with E-state index in [1.807, 2.05) is 73.1 Å². The number of fused-ring (bicyclic) bond motifs is 4. The van der Waals surface area contributed by atoms with Crippen molar-refractivity contribution in [1.82, 2.24) is 23.7 Å². The topological polar surface area (TPSA) is 46.0 Å². The first kappa shape index (κ1) is 29.7. The van der Waals surface area contributed by atoms with Crippen LogP contribution < -0.4 is 13.9 Å². The summed E-state index contributed by atoms with van der Waals surface area (Å²) in [6.07, 6.45) is 3.67. The van der Waals surface area contributed by atoms with Gasteiger partial charge in [0.2, 0.25) is 11.4 Å². The third kappa shape index (κ3) is 6.23. The van der Waals surface area contributed by atoms with E-state index in [1.165, 1.54) is 5.56 Å². The number of hydrogen-bond donors (Lipinski definition) is 0. The molecule has 0 amide bonds. The van der Waals surface area contributed by atoms with Crippen molar-refractivity contribution in [3.8, 4) is 17.3 Å². The lowest BCUT2D eigenvalue weighted by Gasteiger charge is -2.20. The van der Waals surface area contributed by atoms with Crippen molar-refractivity contribution < 1.29 is 10.2 Å². The van der Waals surface area contributed by atoms with Gasteiger partial charge in [-0.2, -0.15) is 0 Å². The van der Waals surface area contributed by atoms with Gasteiger partial charge < -0.3 is 4.74 Å². The molecule has 1 aliphatic rings. The monoisotopic (exact) mass is 701 g/mol. The van der Waals surface area contributed by atoms with Crippen LogP contribution in [-0.4, -0.2) is 20.5 Å². The van der Waals surface area contributed by atoms with Gasteiger partial charge in [-0.15, -0.1) is 0 Å². The average Bonchev–Trinajstić information content (AvgIpc) is 3.72. The average molecular weight is 702 g/mol. The second-order valence-electron chi connectivity index (χ2n) is 16.8. The second kappa shape index (κ2) is 12.4. The van der Waals surface area contributed by atoms with Gasteiger partial charge in [-0.3, -0.25) is 9.55 Å². The number of para-hydroxylation sites is 3. The van der Waals surface area contributed by atoms with Gasteiger partial charge in [0, 0.05) is 53.6 Å². The molecular weight excluding hydrogens is 651 g/mol. The SMILES string of the molecule is [2H]c1c([2H])c([2H])c2c(c1[2H])[N+](c1cc(Oc3ccc4c5ncccc5n(-c5cc(C(C)(C)C)ccn5)c4c3)cc(C(C)(C)C)c1)=C=[N+]2c1ccccc1C(C)(C)C. The fourth-order valence-electron chi connectivity index (χ4n) is 6.96. The van der Waals surface area contributed by atoms with Crippen LogP contribution in [0.1, 0.15) is 84.5 Å². The van der Waals surface area contributed by atoms with Gasteiger partial charge in [0.15, 0.2) is 0 Å². The molecule has 0 radical (unpaired) electrons. The molecule has 0 spiro atoms. The summed E-state index contributed by atoms with van der Waals surface area (Å²) in [5, 5.41) is 0.979. The summed E-state index contributed by atoms with van der Waals surface area (Å²) in [7, 11) is 0. The molecule has 1 aliphatic heterocycles. The van der Waals surface area contributed by atoms with E-state index in [4.69, 9.17) is 20.2 Å². The number of pyridine rings is 2. The molecular formula is C47H47N5O+2. The molecule has 4 aromatic carbocycles. The molecule has 0 saturated heterocycles. The Morgan fingerprint density at radius 2 is 1.36 bits per heavy atom. The zero-order valence-electron chi connectivity index (χ0n) is 35.9. The highest BCUT2D eigenvalue weighted by Crippen LogP contribution is 2.42. The normalized spacial score (nSPS) is 14.4. The highest BCUT2D eigenvalue weighted by atomic mass is 16.5. The van der Waals surface area contributed by atoms with Crippen LogP contribution in [0, 0.1) is 0 Å². The third-order valence-electron chi connectivity index (χ3n) is 9.83. The summed E-state index contributed by atoms with van der Waals surface area (Å²) < 4.78 is 48.0. The maximum absolute atomic E-state index is 9.15. The minimum Gasteiger partial charge on any atom is -0.457 e. The maximum Gasteiger partial charge on any atom is 0.503 e. The maximum atomic E-state index is 9.15. The van der Waals surface area contributed by atoms with Gasteiger partial charge in [0.1, 0.15) is 17.3 Å². The van der Waals surface area contributed by atoms with Crippen LogP contribution in [-0.2, 0) is 16.2 Å². The van der Waals surface area contributed by atoms with E-state index in [-0.39, 0.29) is 40.4 Å². The predicted octanol–water partition coefficient (Wildman–Crippen LogP) is 12.1. The van der Waals surface area contributed by atoms with Crippen LogP contribution in [0.5, 0.6) is 11.5 Å². The highest BCUT2D eigenvalue weighted by molar-refractivity contribution is 6.07. The van der Waals surface area contributed by atoms with Gasteiger partial charge in [0.25, 0.3) is 11.4 Å². The largest absolute Gasteiger partial charge is 0.503 e. The van der Waals surface area contributed by atoms with Crippen molar-refractivity contribution in [3.05, 3.63) is 138 Å². The molecule has 6 heteroatoms. The first-order chi connectivity index (χ1) is 26.8. The van der Waals surface area contributed by atoms with Crippen LogP contribution in [0.4, 0.5) is 22.7 Å². The smallest absolute Gasteiger partial charge is 0.457 e. The molecule has 0 bridgehead atoms. The Morgan fingerprint density at radius 3 is 2.09 bits per heavy atom. The summed E-state index contributed by atoms with van der Waals surface area (Å²) in [5.41, 5.74) is 7.41. The number of benzene rings is 4. The molecule has 53 heavy (non-hydrogen) atoms. The van der Waals surface area contributed by atoms with Crippen LogP contribution in [0.3, 0.4) is 0 Å². The predicted molar refractivity (Wildman–Crippen MR) is 220 cm³/mol. The molecule has 3 aromatic heterocycles. The zero-order chi connectivity index (χ0) is 40.8. The van der Waals surface area contributed by atoms with Gasteiger partial charge in [-0.1, -0.05) is 92.6 Å². The van der Waals surface area contributed by atoms with Crippen LogP contribution >= 0.6 is 0 Å². The molecule has 0 atom stereocenters. The zero-order valence-corrected chi connectivity index (χ0v) is 31.9. The van der Waals surface area contributed by atoms with E-state index in [9.17, 15) is 0 Å². The molecule has 0 saturated carbocycles. The van der Waals surface area contributed by atoms with E-state index in [0.717, 1.165) is 44.6 Å². The third-order valence-corrected chi connectivity index (χ3v) is 9.83. The quantitative estimate of drug-likeness (QED) is 0.168. The fraction of sp³-hybridized carbons (Fsp3) is 0.255. The van der Waals surface area contributed by atoms with Crippen LogP contribution in [0.25, 0.3) is 27.8 Å². The lowest BCUT2D eigenvalue weighted by molar-refractivity contribution is 0.479. The summed E-state index contributed by atoms with van der Waals surface area (Å²) in [5.74, 6) is 1.99. The summed E-state index contributed by atoms with van der Waals surface area (Å²) in [6.45, 7) is 19.4. The van der Waals surface area contributed by atoms with Crippen molar-refractivity contribution in [2.24, 2.45) is 0 Å². The lowest BCUT2D eigenvalue weighted by atomic mass is 9.85. The number of rotatable bonds is 5. The summed E-state index contributed by atoms with van der Waals surface area (Å²) in [6, 6.07) is 30.8. The van der Waals surface area contributed by atoms with Crippen LogP contribution in [0.15, 0.2) is 121 Å². The molecule has 0 fully saturated rings. The number of aromatic nitrogens is 3. The van der Waals surface area contributed by atoms with Gasteiger partial charge >= 0.3 is 6.01 Å². The highest BCUT2D eigenvalue weighted by Gasteiger charge is 2.39. The number of nitrogens with zero attached hydrogens (tertiary/aromatic N) is 5. The Labute approximate surface area is 318 Å². The number of ether oxygens (including phenoxy) is 1. The molecule has 6 nitrogen and oxygen atoms in total. The van der Waals surface area contributed by atoms with Gasteiger partial charge in [-0.05, 0) is 79.0 Å². The molecule has 0 unspecified atom stereocenters. The van der Waals surface area contributed by atoms with Crippen molar-refractivity contribution in [2.45, 2.75) is 78.6 Å². The van der Waals surface area contributed by atoms with Crippen molar-refractivity contribution in [2.75, 3.05) is 0 Å². The van der Waals surface area contributed by atoms with E-state index in [0.29, 0.717) is 28.6 Å². The van der Waals surface area contributed by atoms with E-state index in [2.05, 4.69) is 97.2 Å². The molecule has 4 heterocycles. The van der Waals surface area contributed by atoms with E-state index < -0.39 is 0 Å². The Kier molecular flexibility index (Phi) is 6.95. The fourth-order valence-corrected chi connectivity index (χ4v) is 6.96. The molecule has 7 aromatic rings. The molecule has 264 valence electrons. The van der Waals surface area contributed by atoms with E-state index in [1.54, 1.807) is 9.15 Å². The molecule has 0 N–H and O–H groups in total. The van der Waals surface area contributed by atoms with Crippen molar-refractivity contribution >= 4 is 50.7 Å². The van der Waals surface area contributed by atoms with E-state index >= 15 is 0 Å². The number of hydrogen-bond acceptors (Lipinski definition) is 3. The Balaban J connectivity index is 1.33. The summed E-state index contributed by atoms with van der Waals surface area (Å²) in [4.78, 5) is 9.58. The lowest BCUT2D eigenvalue weighted by Crippen LogP contribution is -2.15. The first-order valence-electron chi connectivity index (χ1n) is 20.1.